The van der Waals surface area contributed by atoms with Crippen molar-refractivity contribution >= 4 is 11.6 Å². The summed E-state index contributed by atoms with van der Waals surface area (Å²) in [6, 6.07) is 1.98. The van der Waals surface area contributed by atoms with Crippen LogP contribution in [0.5, 0.6) is 0 Å². The number of amides is 1. The molecule has 3 fully saturated rings. The molecule has 1 aliphatic heterocycles. The average Bonchev–Trinajstić information content (AvgIpc) is 3.49. The van der Waals surface area contributed by atoms with Crippen molar-refractivity contribution in [1.29, 1.82) is 0 Å². The van der Waals surface area contributed by atoms with Crippen LogP contribution in [0.15, 0.2) is 17.1 Å². The molecule has 6 heteroatoms. The molecule has 2 aliphatic carbocycles. The summed E-state index contributed by atoms with van der Waals surface area (Å²) >= 11 is 0. The Morgan fingerprint density at radius 3 is 2.44 bits per heavy atom. The van der Waals surface area contributed by atoms with Crippen LogP contribution in [0.3, 0.4) is 0 Å². The number of hydrogen-bond donors (Lipinski definition) is 1. The van der Waals surface area contributed by atoms with Gasteiger partial charge in [0, 0.05) is 38.2 Å². The average molecular weight is 373 g/mol. The molecule has 0 spiro atoms. The fourth-order valence-electron chi connectivity index (χ4n) is 4.50. The summed E-state index contributed by atoms with van der Waals surface area (Å²) in [6.07, 6.45) is 13.1. The molecule has 1 aromatic heterocycles. The smallest absolute Gasteiger partial charge is 0.268 e. The molecule has 0 unspecified atom stereocenters. The minimum absolute atomic E-state index is 0.00214. The van der Waals surface area contributed by atoms with Gasteiger partial charge in [-0.2, -0.15) is 5.10 Å². The molecule has 148 valence electrons. The lowest BCUT2D eigenvalue weighted by Crippen LogP contribution is -2.45. The molecule has 4 rings (SSSR count). The van der Waals surface area contributed by atoms with E-state index in [4.69, 9.17) is 0 Å². The number of hydrogen-bond acceptors (Lipinski definition) is 4. The van der Waals surface area contributed by atoms with Crippen molar-refractivity contribution in [2.24, 2.45) is 11.8 Å². The lowest BCUT2D eigenvalue weighted by molar-refractivity contribution is -0.123. The Morgan fingerprint density at radius 2 is 1.78 bits per heavy atom. The summed E-state index contributed by atoms with van der Waals surface area (Å²) in [5.74, 6) is 1.46. The lowest BCUT2D eigenvalue weighted by Gasteiger charge is -2.34. The minimum atomic E-state index is 0.00214. The summed E-state index contributed by atoms with van der Waals surface area (Å²) in [4.78, 5) is 26.8. The highest BCUT2D eigenvalue weighted by molar-refractivity contribution is 5.76. The summed E-state index contributed by atoms with van der Waals surface area (Å²) in [5, 5.41) is 7.60. The van der Waals surface area contributed by atoms with Crippen LogP contribution in [0.2, 0.25) is 0 Å². The zero-order chi connectivity index (χ0) is 18.6. The van der Waals surface area contributed by atoms with Gasteiger partial charge in [0.25, 0.3) is 5.56 Å². The standard InChI is InChI=1S/C21H32N4O2/c26-20(12-16-4-2-1-3-5-16)23-18-8-10-24(11-9-18)19-13-21(27)25(22-14-19)15-17-6-7-17/h13-14,16-18H,1-12,15H2,(H,23,26). The van der Waals surface area contributed by atoms with Crippen LogP contribution in [0.4, 0.5) is 5.69 Å². The van der Waals surface area contributed by atoms with Gasteiger partial charge < -0.3 is 10.2 Å². The summed E-state index contributed by atoms with van der Waals surface area (Å²) < 4.78 is 1.60. The first kappa shape index (κ1) is 18.5. The van der Waals surface area contributed by atoms with Gasteiger partial charge in [0.05, 0.1) is 11.9 Å². The van der Waals surface area contributed by atoms with E-state index in [0.29, 0.717) is 18.3 Å². The van der Waals surface area contributed by atoms with Gasteiger partial charge in [-0.15, -0.1) is 0 Å². The van der Waals surface area contributed by atoms with Gasteiger partial charge in [0.15, 0.2) is 0 Å². The second kappa shape index (κ2) is 8.44. The second-order valence-electron chi connectivity index (χ2n) is 8.71. The topological polar surface area (TPSA) is 67.2 Å². The van der Waals surface area contributed by atoms with E-state index < -0.39 is 0 Å². The molecule has 6 nitrogen and oxygen atoms in total. The van der Waals surface area contributed by atoms with Crippen molar-refractivity contribution < 1.29 is 4.79 Å². The molecule has 1 amide bonds. The van der Waals surface area contributed by atoms with Crippen molar-refractivity contribution in [2.75, 3.05) is 18.0 Å². The third-order valence-electron chi connectivity index (χ3n) is 6.41. The van der Waals surface area contributed by atoms with Crippen LogP contribution < -0.4 is 15.8 Å². The van der Waals surface area contributed by atoms with Gasteiger partial charge in [0.1, 0.15) is 0 Å². The van der Waals surface area contributed by atoms with Crippen LogP contribution in [0.1, 0.15) is 64.2 Å². The number of carbonyl (C=O) groups is 1. The fraction of sp³-hybridized carbons (Fsp3) is 0.762. The molecule has 2 heterocycles. The van der Waals surface area contributed by atoms with E-state index in [2.05, 4.69) is 15.3 Å². The first-order valence-corrected chi connectivity index (χ1v) is 10.8. The van der Waals surface area contributed by atoms with Gasteiger partial charge in [-0.25, -0.2) is 4.68 Å². The summed E-state index contributed by atoms with van der Waals surface area (Å²) in [5.41, 5.74) is 0.918. The van der Waals surface area contributed by atoms with Gasteiger partial charge in [-0.3, -0.25) is 9.59 Å². The maximum absolute atomic E-state index is 12.3. The molecular weight excluding hydrogens is 340 g/mol. The van der Waals surface area contributed by atoms with Crippen LogP contribution in [0.25, 0.3) is 0 Å². The Kier molecular flexibility index (Phi) is 5.79. The normalized spacial score (nSPS) is 22.0. The number of nitrogens with zero attached hydrogens (tertiary/aromatic N) is 3. The van der Waals surface area contributed by atoms with Crippen molar-refractivity contribution in [1.82, 2.24) is 15.1 Å². The van der Waals surface area contributed by atoms with Crippen molar-refractivity contribution in [3.63, 3.8) is 0 Å². The summed E-state index contributed by atoms with van der Waals surface area (Å²) in [6.45, 7) is 2.48. The van der Waals surface area contributed by atoms with Crippen LogP contribution in [-0.4, -0.2) is 34.8 Å². The molecule has 0 atom stereocenters. The quantitative estimate of drug-likeness (QED) is 0.834. The molecule has 27 heavy (non-hydrogen) atoms. The Labute approximate surface area is 161 Å². The molecule has 0 radical (unpaired) electrons. The zero-order valence-electron chi connectivity index (χ0n) is 16.2. The van der Waals surface area contributed by atoms with E-state index in [1.165, 1.54) is 44.9 Å². The lowest BCUT2D eigenvalue weighted by atomic mass is 9.86. The van der Waals surface area contributed by atoms with Crippen molar-refractivity contribution in [3.05, 3.63) is 22.6 Å². The molecule has 0 aromatic carbocycles. The third kappa shape index (κ3) is 5.11. The Bertz CT molecular complexity index is 698. The van der Waals surface area contributed by atoms with Gasteiger partial charge in [-0.05, 0) is 50.4 Å². The highest BCUT2D eigenvalue weighted by atomic mass is 16.1. The van der Waals surface area contributed by atoms with E-state index in [1.807, 2.05) is 6.20 Å². The predicted molar refractivity (Wildman–Crippen MR) is 106 cm³/mol. The minimum Gasteiger partial charge on any atom is -0.370 e. The number of aromatic nitrogens is 2. The van der Waals surface area contributed by atoms with Crippen molar-refractivity contribution in [3.8, 4) is 0 Å². The molecule has 2 saturated carbocycles. The molecular formula is C21H32N4O2. The Balaban J connectivity index is 1.24. The first-order valence-electron chi connectivity index (χ1n) is 10.8. The molecule has 1 N–H and O–H groups in total. The van der Waals surface area contributed by atoms with Crippen molar-refractivity contribution in [2.45, 2.75) is 76.8 Å². The molecule has 0 bridgehead atoms. The van der Waals surface area contributed by atoms with E-state index in [0.717, 1.165) is 38.2 Å². The zero-order valence-corrected chi connectivity index (χ0v) is 16.2. The largest absolute Gasteiger partial charge is 0.370 e. The summed E-state index contributed by atoms with van der Waals surface area (Å²) in [7, 11) is 0. The maximum atomic E-state index is 12.3. The van der Waals surface area contributed by atoms with Crippen LogP contribution >= 0.6 is 0 Å². The van der Waals surface area contributed by atoms with Gasteiger partial charge in [0.2, 0.25) is 5.91 Å². The predicted octanol–water partition coefficient (Wildman–Crippen LogP) is 2.71. The highest BCUT2D eigenvalue weighted by Gasteiger charge is 2.25. The number of anilines is 1. The van der Waals surface area contributed by atoms with Crippen LogP contribution in [0, 0.1) is 11.8 Å². The highest BCUT2D eigenvalue weighted by Crippen LogP contribution is 2.30. The fourth-order valence-corrected chi connectivity index (χ4v) is 4.50. The number of piperidine rings is 1. The second-order valence-corrected chi connectivity index (χ2v) is 8.71. The van der Waals surface area contributed by atoms with E-state index >= 15 is 0 Å². The monoisotopic (exact) mass is 372 g/mol. The van der Waals surface area contributed by atoms with E-state index in [9.17, 15) is 9.59 Å². The number of carbonyl (C=O) groups excluding carboxylic acids is 1. The van der Waals surface area contributed by atoms with Gasteiger partial charge >= 0.3 is 0 Å². The maximum Gasteiger partial charge on any atom is 0.268 e. The molecule has 1 saturated heterocycles. The molecule has 1 aromatic rings. The van der Waals surface area contributed by atoms with Gasteiger partial charge in [-0.1, -0.05) is 19.3 Å². The SMILES string of the molecule is O=C(CC1CCCCC1)NC1CCN(c2cnn(CC3CC3)c(=O)c2)CC1. The first-order chi connectivity index (χ1) is 13.2. The number of nitrogens with one attached hydrogen (secondary N) is 1. The Morgan fingerprint density at radius 1 is 1.04 bits per heavy atom. The molecule has 3 aliphatic rings. The third-order valence-corrected chi connectivity index (χ3v) is 6.41. The van der Waals surface area contributed by atoms with Crippen LogP contribution in [-0.2, 0) is 11.3 Å². The van der Waals surface area contributed by atoms with E-state index in [1.54, 1.807) is 10.7 Å². The Hall–Kier alpha value is -1.85. The van der Waals surface area contributed by atoms with E-state index in [-0.39, 0.29) is 17.5 Å². The number of rotatable bonds is 6.